The molecule has 0 aromatic heterocycles. The first-order valence-electron chi connectivity index (χ1n) is 5.60. The molecule has 16 heavy (non-hydrogen) atoms. The van der Waals surface area contributed by atoms with Crippen molar-refractivity contribution in [2.24, 2.45) is 5.41 Å². The van der Waals surface area contributed by atoms with Crippen LogP contribution in [0.15, 0.2) is 36.4 Å². The van der Waals surface area contributed by atoms with Crippen LogP contribution < -0.4 is 0 Å². The lowest BCUT2D eigenvalue weighted by Crippen LogP contribution is -2.29. The molecule has 1 aromatic rings. The molecule has 0 amide bonds. The van der Waals surface area contributed by atoms with Gasteiger partial charge in [-0.3, -0.25) is 0 Å². The quantitative estimate of drug-likeness (QED) is 0.734. The van der Waals surface area contributed by atoms with Crippen LogP contribution in [0, 0.1) is 5.41 Å². The van der Waals surface area contributed by atoms with E-state index < -0.39 is 5.60 Å². The Balaban J connectivity index is 2.31. The number of halogens is 1. The first kappa shape index (κ1) is 11.7. The van der Waals surface area contributed by atoms with E-state index in [9.17, 15) is 5.11 Å². The number of benzene rings is 1. The molecule has 0 saturated heterocycles. The molecule has 0 radical (unpaired) electrons. The van der Waals surface area contributed by atoms with E-state index >= 15 is 0 Å². The molecule has 2 rings (SSSR count). The van der Waals surface area contributed by atoms with E-state index in [4.69, 9.17) is 11.6 Å². The Labute approximate surface area is 102 Å². The molecule has 0 bridgehead atoms. The van der Waals surface area contributed by atoms with E-state index in [-0.39, 0.29) is 5.41 Å². The molecule has 0 heterocycles. The zero-order valence-corrected chi connectivity index (χ0v) is 10.5. The Morgan fingerprint density at radius 3 is 2.19 bits per heavy atom. The topological polar surface area (TPSA) is 20.2 Å². The average molecular weight is 237 g/mol. The molecule has 0 aliphatic heterocycles. The molecule has 1 nitrogen and oxygen atoms in total. The Morgan fingerprint density at radius 2 is 1.69 bits per heavy atom. The second-order valence-electron chi connectivity index (χ2n) is 5.25. The summed E-state index contributed by atoms with van der Waals surface area (Å²) in [5.74, 6) is 0. The second kappa shape index (κ2) is 3.90. The average Bonchev–Trinajstić information content (AvgIpc) is 2.24. The molecule has 2 heteroatoms. The van der Waals surface area contributed by atoms with Gasteiger partial charge in [0, 0.05) is 5.02 Å². The van der Waals surface area contributed by atoms with Crippen LogP contribution in [0.2, 0.25) is 5.02 Å². The number of aliphatic hydroxyl groups is 1. The summed E-state index contributed by atoms with van der Waals surface area (Å²) in [5.41, 5.74) is 0.294. The van der Waals surface area contributed by atoms with Gasteiger partial charge in [0.05, 0.1) is 0 Å². The largest absolute Gasteiger partial charge is 0.381 e. The van der Waals surface area contributed by atoms with E-state index in [1.807, 2.05) is 30.3 Å². The van der Waals surface area contributed by atoms with Gasteiger partial charge in [-0.25, -0.2) is 0 Å². The predicted octanol–water partition coefficient (Wildman–Crippen LogP) is 3.90. The van der Waals surface area contributed by atoms with Crippen molar-refractivity contribution < 1.29 is 5.11 Å². The third-order valence-electron chi connectivity index (χ3n) is 3.30. The normalized spacial score (nSPS) is 28.0. The molecule has 0 saturated carbocycles. The molecule has 0 spiro atoms. The molecule has 1 aromatic carbocycles. The summed E-state index contributed by atoms with van der Waals surface area (Å²) in [4.78, 5) is 0. The molecular formula is C14H17ClO. The Hall–Kier alpha value is -0.790. The maximum atomic E-state index is 10.5. The lowest BCUT2D eigenvalue weighted by molar-refractivity contribution is 0.0581. The van der Waals surface area contributed by atoms with Gasteiger partial charge < -0.3 is 5.11 Å². The number of allylic oxidation sites excluding steroid dienone is 1. The fourth-order valence-corrected chi connectivity index (χ4v) is 2.15. The number of hydrogen-bond acceptors (Lipinski definition) is 1. The molecule has 1 aliphatic carbocycles. The molecule has 1 unspecified atom stereocenters. The van der Waals surface area contributed by atoms with Crippen LogP contribution in [-0.4, -0.2) is 5.11 Å². The minimum atomic E-state index is -0.819. The molecule has 1 atom stereocenters. The van der Waals surface area contributed by atoms with Gasteiger partial charge in [-0.1, -0.05) is 49.7 Å². The SMILES string of the molecule is CC1(C)C=CC(O)(c2ccc(Cl)cc2)CC1. The first-order chi connectivity index (χ1) is 7.41. The molecule has 86 valence electrons. The van der Waals surface area contributed by atoms with Gasteiger partial charge in [0.1, 0.15) is 5.60 Å². The fraction of sp³-hybridized carbons (Fsp3) is 0.429. The lowest BCUT2D eigenvalue weighted by Gasteiger charge is -2.35. The monoisotopic (exact) mass is 236 g/mol. The molecule has 1 aliphatic rings. The minimum absolute atomic E-state index is 0.193. The van der Waals surface area contributed by atoms with E-state index in [1.165, 1.54) is 0 Å². The summed E-state index contributed by atoms with van der Waals surface area (Å²) in [6.07, 6.45) is 5.77. The highest BCUT2D eigenvalue weighted by Gasteiger charge is 2.33. The predicted molar refractivity (Wildman–Crippen MR) is 67.5 cm³/mol. The summed E-state index contributed by atoms with van der Waals surface area (Å²) >= 11 is 5.84. The van der Waals surface area contributed by atoms with Crippen molar-refractivity contribution in [2.75, 3.05) is 0 Å². The highest BCUT2D eigenvalue weighted by molar-refractivity contribution is 6.30. The lowest BCUT2D eigenvalue weighted by atomic mass is 9.74. The van der Waals surface area contributed by atoms with Crippen molar-refractivity contribution in [3.05, 3.63) is 47.0 Å². The van der Waals surface area contributed by atoms with E-state index in [1.54, 1.807) is 0 Å². The van der Waals surface area contributed by atoms with E-state index in [2.05, 4.69) is 19.9 Å². The van der Waals surface area contributed by atoms with Gasteiger partial charge in [0.15, 0.2) is 0 Å². The highest BCUT2D eigenvalue weighted by Crippen LogP contribution is 2.39. The standard InChI is InChI=1S/C14H17ClO/c1-13(2)7-9-14(16,10-8-13)11-3-5-12(15)6-4-11/h3-7,9,16H,8,10H2,1-2H3. The van der Waals surface area contributed by atoms with Crippen molar-refractivity contribution in [3.63, 3.8) is 0 Å². The van der Waals surface area contributed by atoms with Crippen LogP contribution in [0.25, 0.3) is 0 Å². The summed E-state index contributed by atoms with van der Waals surface area (Å²) in [7, 11) is 0. The smallest absolute Gasteiger partial charge is 0.108 e. The highest BCUT2D eigenvalue weighted by atomic mass is 35.5. The summed E-state index contributed by atoms with van der Waals surface area (Å²) < 4.78 is 0. The van der Waals surface area contributed by atoms with Crippen molar-refractivity contribution in [2.45, 2.75) is 32.3 Å². The van der Waals surface area contributed by atoms with Crippen LogP contribution >= 0.6 is 11.6 Å². The van der Waals surface area contributed by atoms with Crippen molar-refractivity contribution in [1.82, 2.24) is 0 Å². The van der Waals surface area contributed by atoms with Crippen molar-refractivity contribution in [3.8, 4) is 0 Å². The summed E-state index contributed by atoms with van der Waals surface area (Å²) in [6.45, 7) is 4.37. The Kier molecular flexibility index (Phi) is 2.85. The van der Waals surface area contributed by atoms with Crippen molar-refractivity contribution in [1.29, 1.82) is 0 Å². The molecule has 0 fully saturated rings. The first-order valence-corrected chi connectivity index (χ1v) is 5.98. The van der Waals surface area contributed by atoms with Crippen molar-refractivity contribution >= 4 is 11.6 Å². The zero-order valence-electron chi connectivity index (χ0n) is 9.70. The van der Waals surface area contributed by atoms with Crippen LogP contribution in [0.5, 0.6) is 0 Å². The van der Waals surface area contributed by atoms with Gasteiger partial charge >= 0.3 is 0 Å². The van der Waals surface area contributed by atoms with Gasteiger partial charge in [-0.15, -0.1) is 0 Å². The molecular weight excluding hydrogens is 220 g/mol. The van der Waals surface area contributed by atoms with Gasteiger partial charge in [-0.05, 0) is 36.0 Å². The zero-order chi connectivity index (χ0) is 11.8. The van der Waals surface area contributed by atoms with E-state index in [0.29, 0.717) is 5.02 Å². The minimum Gasteiger partial charge on any atom is -0.381 e. The fourth-order valence-electron chi connectivity index (χ4n) is 2.02. The third-order valence-corrected chi connectivity index (χ3v) is 3.56. The Morgan fingerprint density at radius 1 is 1.06 bits per heavy atom. The Bertz CT molecular complexity index is 405. The van der Waals surface area contributed by atoms with Gasteiger partial charge in [0.25, 0.3) is 0 Å². The maximum Gasteiger partial charge on any atom is 0.108 e. The van der Waals surface area contributed by atoms with Crippen LogP contribution in [0.4, 0.5) is 0 Å². The van der Waals surface area contributed by atoms with Crippen LogP contribution in [-0.2, 0) is 5.60 Å². The van der Waals surface area contributed by atoms with Gasteiger partial charge in [-0.2, -0.15) is 0 Å². The second-order valence-corrected chi connectivity index (χ2v) is 5.69. The number of hydrogen-bond donors (Lipinski definition) is 1. The summed E-state index contributed by atoms with van der Waals surface area (Å²) in [6, 6.07) is 7.43. The number of rotatable bonds is 1. The van der Waals surface area contributed by atoms with Crippen LogP contribution in [0.1, 0.15) is 32.3 Å². The third kappa shape index (κ3) is 2.31. The summed E-state index contributed by atoms with van der Waals surface area (Å²) in [5, 5.41) is 11.2. The van der Waals surface area contributed by atoms with E-state index in [0.717, 1.165) is 18.4 Å². The van der Waals surface area contributed by atoms with Gasteiger partial charge in [0.2, 0.25) is 0 Å². The van der Waals surface area contributed by atoms with Crippen LogP contribution in [0.3, 0.4) is 0 Å². The molecule has 1 N–H and O–H groups in total. The maximum absolute atomic E-state index is 10.5.